The van der Waals surface area contributed by atoms with E-state index in [-0.39, 0.29) is 0 Å². The molecule has 0 bridgehead atoms. The molecule has 0 spiro atoms. The van der Waals surface area contributed by atoms with Gasteiger partial charge in [0.15, 0.2) is 0 Å². The summed E-state index contributed by atoms with van der Waals surface area (Å²) in [6, 6.07) is 15.4. The molecule has 0 N–H and O–H groups in total. The summed E-state index contributed by atoms with van der Waals surface area (Å²) in [5, 5.41) is 0.849. The van der Waals surface area contributed by atoms with E-state index in [1.165, 1.54) is 22.3 Å². The Labute approximate surface area is 143 Å². The van der Waals surface area contributed by atoms with Gasteiger partial charge >= 0.3 is 0 Å². The minimum Gasteiger partial charge on any atom is -0.302 e. The maximum absolute atomic E-state index is 6.36. The van der Waals surface area contributed by atoms with Crippen molar-refractivity contribution in [3.63, 3.8) is 0 Å². The molecule has 4 rings (SSSR count). The summed E-state index contributed by atoms with van der Waals surface area (Å²) < 4.78 is 0. The predicted octanol–water partition coefficient (Wildman–Crippen LogP) is 4.83. The van der Waals surface area contributed by atoms with Gasteiger partial charge in [0.25, 0.3) is 0 Å². The Bertz CT molecular complexity index is 762. The van der Waals surface area contributed by atoms with Crippen LogP contribution in [0.2, 0.25) is 5.02 Å². The highest BCUT2D eigenvalue weighted by molar-refractivity contribution is 6.30. The van der Waals surface area contributed by atoms with Crippen molar-refractivity contribution in [3.05, 3.63) is 81.4 Å². The first kappa shape index (κ1) is 15.0. The highest BCUT2D eigenvalue weighted by Gasteiger charge is 2.27. The van der Waals surface area contributed by atoms with Gasteiger partial charge in [0.05, 0.1) is 0 Å². The van der Waals surface area contributed by atoms with Crippen molar-refractivity contribution >= 4 is 11.6 Å². The SMILES string of the molecule is CN1CC=C(C2c3ccccc3CCc3ccc(Cl)cc32)CC1. The fourth-order valence-electron chi connectivity index (χ4n) is 3.99. The van der Waals surface area contributed by atoms with Crippen molar-refractivity contribution in [2.24, 2.45) is 0 Å². The molecule has 0 radical (unpaired) electrons. The molecule has 118 valence electrons. The third-order valence-electron chi connectivity index (χ3n) is 5.27. The van der Waals surface area contributed by atoms with E-state index < -0.39 is 0 Å². The minimum atomic E-state index is 0.371. The lowest BCUT2D eigenvalue weighted by molar-refractivity contribution is 0.355. The quantitative estimate of drug-likeness (QED) is 0.679. The summed E-state index contributed by atoms with van der Waals surface area (Å²) >= 11 is 6.36. The third kappa shape index (κ3) is 2.84. The molecule has 1 atom stereocenters. The van der Waals surface area contributed by atoms with Gasteiger partial charge in [0.1, 0.15) is 0 Å². The van der Waals surface area contributed by atoms with Gasteiger partial charge in [-0.25, -0.2) is 0 Å². The Kier molecular flexibility index (Phi) is 4.00. The van der Waals surface area contributed by atoms with E-state index in [9.17, 15) is 0 Å². The molecule has 1 aliphatic heterocycles. The molecular formula is C21H22ClN. The monoisotopic (exact) mass is 323 g/mol. The zero-order valence-corrected chi connectivity index (χ0v) is 14.3. The molecule has 2 aromatic carbocycles. The molecule has 0 saturated carbocycles. The maximum atomic E-state index is 6.36. The van der Waals surface area contributed by atoms with Crippen molar-refractivity contribution in [3.8, 4) is 0 Å². The van der Waals surface area contributed by atoms with Crippen LogP contribution in [0.25, 0.3) is 0 Å². The predicted molar refractivity (Wildman–Crippen MR) is 97.3 cm³/mol. The van der Waals surface area contributed by atoms with E-state index in [1.807, 2.05) is 6.07 Å². The summed E-state index contributed by atoms with van der Waals surface area (Å²) in [5.41, 5.74) is 7.39. The van der Waals surface area contributed by atoms with Crippen molar-refractivity contribution in [1.29, 1.82) is 0 Å². The van der Waals surface area contributed by atoms with Crippen molar-refractivity contribution in [1.82, 2.24) is 4.90 Å². The van der Waals surface area contributed by atoms with E-state index in [4.69, 9.17) is 11.6 Å². The van der Waals surface area contributed by atoms with Gasteiger partial charge in [0, 0.05) is 24.0 Å². The molecule has 23 heavy (non-hydrogen) atoms. The van der Waals surface area contributed by atoms with Gasteiger partial charge in [-0.2, -0.15) is 0 Å². The molecule has 2 aliphatic rings. The van der Waals surface area contributed by atoms with Gasteiger partial charge in [-0.3, -0.25) is 0 Å². The summed E-state index contributed by atoms with van der Waals surface area (Å²) in [5.74, 6) is 0.371. The summed E-state index contributed by atoms with van der Waals surface area (Å²) in [7, 11) is 2.19. The van der Waals surface area contributed by atoms with Crippen LogP contribution in [0.1, 0.15) is 34.6 Å². The second-order valence-corrected chi connectivity index (χ2v) is 7.20. The maximum Gasteiger partial charge on any atom is 0.0409 e. The Morgan fingerprint density at radius 3 is 2.52 bits per heavy atom. The van der Waals surface area contributed by atoms with Crippen molar-refractivity contribution in [2.45, 2.75) is 25.2 Å². The van der Waals surface area contributed by atoms with Crippen LogP contribution in [-0.4, -0.2) is 25.0 Å². The van der Waals surface area contributed by atoms with E-state index in [1.54, 1.807) is 5.57 Å². The van der Waals surface area contributed by atoms with Gasteiger partial charge in [-0.05, 0) is 60.7 Å². The molecule has 0 fully saturated rings. The van der Waals surface area contributed by atoms with E-state index in [0.717, 1.165) is 37.4 Å². The molecular weight excluding hydrogens is 302 g/mol. The smallest absolute Gasteiger partial charge is 0.0409 e. The number of fused-ring (bicyclic) bond motifs is 2. The van der Waals surface area contributed by atoms with Crippen LogP contribution in [0.5, 0.6) is 0 Å². The lowest BCUT2D eigenvalue weighted by Crippen LogP contribution is -2.26. The van der Waals surface area contributed by atoms with E-state index in [2.05, 4.69) is 54.4 Å². The number of halogens is 1. The number of hydrogen-bond acceptors (Lipinski definition) is 1. The molecule has 1 heterocycles. The number of likely N-dealkylation sites (N-methyl/N-ethyl adjacent to an activating group) is 1. The fourth-order valence-corrected chi connectivity index (χ4v) is 4.17. The lowest BCUT2D eigenvalue weighted by atomic mass is 9.80. The molecule has 2 heteroatoms. The average Bonchev–Trinajstić information content (AvgIpc) is 2.72. The standard InChI is InChI=1S/C21H22ClN/c1-23-12-10-17(11-13-23)21-19-5-3-2-4-15(19)6-7-16-8-9-18(22)14-20(16)21/h2-5,8-10,14,21H,6-7,11-13H2,1H3. The van der Waals surface area contributed by atoms with Crippen LogP contribution in [0.3, 0.4) is 0 Å². The molecule has 1 aliphatic carbocycles. The van der Waals surface area contributed by atoms with Crippen LogP contribution in [-0.2, 0) is 12.8 Å². The number of nitrogens with zero attached hydrogens (tertiary/aromatic N) is 1. The van der Waals surface area contributed by atoms with Gasteiger partial charge in [0.2, 0.25) is 0 Å². The highest BCUT2D eigenvalue weighted by Crippen LogP contribution is 2.41. The first-order chi connectivity index (χ1) is 11.2. The lowest BCUT2D eigenvalue weighted by Gasteiger charge is -2.29. The topological polar surface area (TPSA) is 3.24 Å². The molecule has 0 amide bonds. The van der Waals surface area contributed by atoms with Gasteiger partial charge in [-0.15, -0.1) is 0 Å². The number of rotatable bonds is 1. The fraction of sp³-hybridized carbons (Fsp3) is 0.333. The van der Waals surface area contributed by atoms with Gasteiger partial charge < -0.3 is 4.90 Å². The van der Waals surface area contributed by atoms with Crippen LogP contribution < -0.4 is 0 Å². The highest BCUT2D eigenvalue weighted by atomic mass is 35.5. The summed E-state index contributed by atoms with van der Waals surface area (Å²) in [4.78, 5) is 2.38. The molecule has 2 aromatic rings. The molecule has 1 nitrogen and oxygen atoms in total. The number of benzene rings is 2. The number of hydrogen-bond donors (Lipinski definition) is 0. The Balaban J connectivity index is 1.90. The van der Waals surface area contributed by atoms with Crippen molar-refractivity contribution < 1.29 is 0 Å². The molecule has 1 unspecified atom stereocenters. The second-order valence-electron chi connectivity index (χ2n) is 6.77. The molecule has 0 aromatic heterocycles. The molecule has 0 saturated heterocycles. The van der Waals surface area contributed by atoms with Crippen LogP contribution >= 0.6 is 11.6 Å². The zero-order chi connectivity index (χ0) is 15.8. The summed E-state index contributed by atoms with van der Waals surface area (Å²) in [6.45, 7) is 2.18. The van der Waals surface area contributed by atoms with Crippen LogP contribution in [0, 0.1) is 0 Å². The van der Waals surface area contributed by atoms with E-state index in [0.29, 0.717) is 5.92 Å². The first-order valence-electron chi connectivity index (χ1n) is 8.46. The Morgan fingerprint density at radius 1 is 0.957 bits per heavy atom. The largest absolute Gasteiger partial charge is 0.302 e. The average molecular weight is 324 g/mol. The zero-order valence-electron chi connectivity index (χ0n) is 13.6. The normalized spacial score (nSPS) is 21.1. The Morgan fingerprint density at radius 2 is 1.74 bits per heavy atom. The first-order valence-corrected chi connectivity index (χ1v) is 8.84. The second kappa shape index (κ2) is 6.14. The van der Waals surface area contributed by atoms with Crippen LogP contribution in [0.4, 0.5) is 0 Å². The summed E-state index contributed by atoms with van der Waals surface area (Å²) in [6.07, 6.45) is 5.80. The van der Waals surface area contributed by atoms with Crippen molar-refractivity contribution in [2.75, 3.05) is 20.1 Å². The van der Waals surface area contributed by atoms with Crippen LogP contribution in [0.15, 0.2) is 54.1 Å². The Hall–Kier alpha value is -1.57. The minimum absolute atomic E-state index is 0.371. The number of aryl methyl sites for hydroxylation is 2. The van der Waals surface area contributed by atoms with E-state index >= 15 is 0 Å². The van der Waals surface area contributed by atoms with Gasteiger partial charge in [-0.1, -0.05) is 53.6 Å². The third-order valence-corrected chi connectivity index (χ3v) is 5.50.